The van der Waals surface area contributed by atoms with E-state index in [9.17, 15) is 4.39 Å². The number of hydrogen-bond donors (Lipinski definition) is 0. The Morgan fingerprint density at radius 2 is 1.93 bits per heavy atom. The lowest BCUT2D eigenvalue weighted by Gasteiger charge is -2.16. The van der Waals surface area contributed by atoms with Crippen LogP contribution >= 0.6 is 12.2 Å². The number of hydrogen-bond acceptors (Lipinski definition) is 6. The van der Waals surface area contributed by atoms with Gasteiger partial charge in [-0.1, -0.05) is 24.3 Å². The van der Waals surface area contributed by atoms with Crippen molar-refractivity contribution in [1.82, 2.24) is 14.7 Å². The van der Waals surface area contributed by atoms with Gasteiger partial charge in [0.05, 0.1) is 13.3 Å². The second-order valence-electron chi connectivity index (χ2n) is 6.63. The second kappa shape index (κ2) is 9.67. The number of aromatic nitrogens is 2. The number of nitrogens with zero attached hydrogens (tertiary/aromatic N) is 3. The summed E-state index contributed by atoms with van der Waals surface area (Å²) in [6, 6.07) is 14.2. The molecule has 0 aliphatic carbocycles. The molecule has 1 aromatic heterocycles. The number of para-hydroxylation sites is 1. The predicted octanol–water partition coefficient (Wildman–Crippen LogP) is 4.97. The highest BCUT2D eigenvalue weighted by molar-refractivity contribution is 7.71. The van der Waals surface area contributed by atoms with E-state index >= 15 is 0 Å². The molecule has 0 spiro atoms. The Morgan fingerprint density at radius 3 is 2.62 bits per heavy atom. The van der Waals surface area contributed by atoms with E-state index in [1.54, 1.807) is 29.8 Å². The summed E-state index contributed by atoms with van der Waals surface area (Å²) in [5, 5.41) is 4.39. The molecule has 0 saturated heterocycles. The normalized spacial score (nSPS) is 12.2. The summed E-state index contributed by atoms with van der Waals surface area (Å²) in [6.07, 6.45) is -0.578. The van der Waals surface area contributed by atoms with Gasteiger partial charge in [0, 0.05) is 6.54 Å². The van der Waals surface area contributed by atoms with Gasteiger partial charge >= 0.3 is 0 Å². The van der Waals surface area contributed by atoms with E-state index in [0.29, 0.717) is 25.7 Å². The molecule has 0 aliphatic heterocycles. The lowest BCUT2D eigenvalue weighted by atomic mass is 10.2. The molecule has 29 heavy (non-hydrogen) atoms. The van der Waals surface area contributed by atoms with Crippen molar-refractivity contribution >= 4 is 12.2 Å². The van der Waals surface area contributed by atoms with E-state index in [-0.39, 0.29) is 10.6 Å². The molecular weight excluding hydrogens is 393 g/mol. The smallest absolute Gasteiger partial charge is 0.288 e. The summed E-state index contributed by atoms with van der Waals surface area (Å²) >= 11 is 5.27. The van der Waals surface area contributed by atoms with Gasteiger partial charge in [0.1, 0.15) is 5.75 Å². The van der Waals surface area contributed by atoms with Crippen molar-refractivity contribution in [3.05, 3.63) is 70.6 Å². The molecule has 0 unspecified atom stereocenters. The standard InChI is InChI=1S/C21H24FN3O3S/c1-4-26-17-11-9-16(10-12-17)13-24(3)14-25-21(29)28-20(23-25)15(2)27-19-8-6-5-7-18(19)22/h5-12,15H,4,13-14H2,1-3H3/t15-/m1/s1. The molecule has 8 heteroatoms. The summed E-state index contributed by atoms with van der Waals surface area (Å²) in [6.45, 7) is 5.49. The molecule has 1 heterocycles. The Labute approximate surface area is 174 Å². The topological polar surface area (TPSA) is 52.7 Å². The molecule has 0 fully saturated rings. The van der Waals surface area contributed by atoms with Crippen LogP contribution in [0.2, 0.25) is 0 Å². The van der Waals surface area contributed by atoms with Crippen molar-refractivity contribution in [2.24, 2.45) is 0 Å². The molecule has 0 N–H and O–H groups in total. The minimum Gasteiger partial charge on any atom is -0.494 e. The fourth-order valence-corrected chi connectivity index (χ4v) is 2.99. The Kier molecular flexibility index (Phi) is 7.00. The van der Waals surface area contributed by atoms with E-state index in [0.717, 1.165) is 11.3 Å². The Hall–Kier alpha value is -2.71. The first-order valence-corrected chi connectivity index (χ1v) is 9.76. The molecule has 0 amide bonds. The zero-order valence-electron chi connectivity index (χ0n) is 16.7. The molecule has 6 nitrogen and oxygen atoms in total. The molecule has 0 radical (unpaired) electrons. The molecule has 2 aromatic carbocycles. The van der Waals surface area contributed by atoms with Crippen molar-refractivity contribution in [3.63, 3.8) is 0 Å². The SMILES string of the molecule is CCOc1ccc(CN(C)Cn2nc([C@@H](C)Oc3ccccc3F)oc2=S)cc1. The number of ether oxygens (including phenoxy) is 2. The van der Waals surface area contributed by atoms with E-state index in [1.807, 2.05) is 38.2 Å². The van der Waals surface area contributed by atoms with Gasteiger partial charge in [0.15, 0.2) is 17.7 Å². The van der Waals surface area contributed by atoms with E-state index in [2.05, 4.69) is 10.00 Å². The molecule has 3 aromatic rings. The summed E-state index contributed by atoms with van der Waals surface area (Å²) in [7, 11) is 1.96. The highest BCUT2D eigenvalue weighted by Crippen LogP contribution is 2.23. The van der Waals surface area contributed by atoms with Crippen LogP contribution in [0, 0.1) is 10.7 Å². The molecule has 0 bridgehead atoms. The second-order valence-corrected chi connectivity index (χ2v) is 6.98. The summed E-state index contributed by atoms with van der Waals surface area (Å²) in [5.41, 5.74) is 1.14. The Balaban J connectivity index is 1.62. The molecule has 1 atom stereocenters. The minimum absolute atomic E-state index is 0.142. The van der Waals surface area contributed by atoms with Crippen LogP contribution in [0.4, 0.5) is 4.39 Å². The summed E-state index contributed by atoms with van der Waals surface area (Å²) < 4.78 is 32.0. The van der Waals surface area contributed by atoms with Crippen LogP contribution in [0.5, 0.6) is 11.5 Å². The van der Waals surface area contributed by atoms with Crippen LogP contribution in [-0.2, 0) is 13.2 Å². The van der Waals surface area contributed by atoms with Crippen molar-refractivity contribution in [3.8, 4) is 11.5 Å². The number of rotatable bonds is 9. The Bertz CT molecular complexity index is 987. The van der Waals surface area contributed by atoms with E-state index in [4.69, 9.17) is 26.1 Å². The van der Waals surface area contributed by atoms with Gasteiger partial charge in [-0.15, -0.1) is 5.10 Å². The quantitative estimate of drug-likeness (QED) is 0.458. The maximum atomic E-state index is 13.8. The molecule has 3 rings (SSSR count). The van der Waals surface area contributed by atoms with Crippen LogP contribution in [0.25, 0.3) is 0 Å². The number of benzene rings is 2. The molecule has 0 aliphatic rings. The third-order valence-corrected chi connectivity index (χ3v) is 4.47. The van der Waals surface area contributed by atoms with Crippen molar-refractivity contribution in [2.75, 3.05) is 13.7 Å². The van der Waals surface area contributed by atoms with Gasteiger partial charge in [-0.2, -0.15) is 0 Å². The summed E-state index contributed by atoms with van der Waals surface area (Å²) in [4.78, 5) is 2.29. The highest BCUT2D eigenvalue weighted by atomic mass is 32.1. The largest absolute Gasteiger partial charge is 0.494 e. The zero-order chi connectivity index (χ0) is 20.8. The zero-order valence-corrected chi connectivity index (χ0v) is 17.5. The van der Waals surface area contributed by atoms with E-state index in [1.165, 1.54) is 6.07 Å². The fraction of sp³-hybridized carbons (Fsp3) is 0.333. The van der Waals surface area contributed by atoms with Gasteiger partial charge in [-0.3, -0.25) is 4.90 Å². The molecule has 0 saturated carbocycles. The lowest BCUT2D eigenvalue weighted by Crippen LogP contribution is -2.22. The minimum atomic E-state index is -0.578. The third-order valence-electron chi connectivity index (χ3n) is 4.17. The first-order chi connectivity index (χ1) is 14.0. The third kappa shape index (κ3) is 5.65. The van der Waals surface area contributed by atoms with Crippen LogP contribution in [0.15, 0.2) is 52.9 Å². The van der Waals surface area contributed by atoms with E-state index < -0.39 is 11.9 Å². The molecule has 154 valence electrons. The lowest BCUT2D eigenvalue weighted by molar-refractivity contribution is 0.179. The average Bonchev–Trinajstić information content (AvgIpc) is 3.06. The predicted molar refractivity (Wildman–Crippen MR) is 110 cm³/mol. The average molecular weight is 418 g/mol. The highest BCUT2D eigenvalue weighted by Gasteiger charge is 2.18. The van der Waals surface area contributed by atoms with Gasteiger partial charge < -0.3 is 13.9 Å². The van der Waals surface area contributed by atoms with Crippen LogP contribution in [0.1, 0.15) is 31.4 Å². The van der Waals surface area contributed by atoms with Crippen LogP contribution in [-0.4, -0.2) is 28.3 Å². The maximum Gasteiger partial charge on any atom is 0.288 e. The molecular formula is C21H24FN3O3S. The van der Waals surface area contributed by atoms with Gasteiger partial charge in [0.25, 0.3) is 10.7 Å². The maximum absolute atomic E-state index is 13.8. The fourth-order valence-electron chi connectivity index (χ4n) is 2.81. The van der Waals surface area contributed by atoms with Gasteiger partial charge in [-0.05, 0) is 62.9 Å². The first kappa shape index (κ1) is 21.0. The van der Waals surface area contributed by atoms with Gasteiger partial charge in [0.2, 0.25) is 0 Å². The summed E-state index contributed by atoms with van der Waals surface area (Å²) in [5.74, 6) is 0.856. The van der Waals surface area contributed by atoms with Crippen molar-refractivity contribution in [1.29, 1.82) is 0 Å². The van der Waals surface area contributed by atoms with Crippen molar-refractivity contribution in [2.45, 2.75) is 33.2 Å². The first-order valence-electron chi connectivity index (χ1n) is 9.35. The van der Waals surface area contributed by atoms with Crippen molar-refractivity contribution < 1.29 is 18.3 Å². The monoisotopic (exact) mass is 417 g/mol. The van der Waals surface area contributed by atoms with Crippen LogP contribution < -0.4 is 9.47 Å². The van der Waals surface area contributed by atoms with Crippen LogP contribution in [0.3, 0.4) is 0 Å². The van der Waals surface area contributed by atoms with Gasteiger partial charge in [-0.25, -0.2) is 9.07 Å². The number of halogens is 1. The Morgan fingerprint density at radius 1 is 1.21 bits per heavy atom.